The van der Waals surface area contributed by atoms with Gasteiger partial charge in [0.2, 0.25) is 0 Å². The van der Waals surface area contributed by atoms with E-state index in [0.717, 1.165) is 5.69 Å². The van der Waals surface area contributed by atoms with Crippen molar-refractivity contribution in [1.82, 2.24) is 9.78 Å². The van der Waals surface area contributed by atoms with Gasteiger partial charge in [0, 0.05) is 35.8 Å². The summed E-state index contributed by atoms with van der Waals surface area (Å²) in [6, 6.07) is 1.88. The van der Waals surface area contributed by atoms with Gasteiger partial charge in [-0.2, -0.15) is 5.10 Å². The van der Waals surface area contributed by atoms with Crippen LogP contribution in [-0.4, -0.2) is 9.78 Å². The highest BCUT2D eigenvalue weighted by atomic mass is 127. The summed E-state index contributed by atoms with van der Waals surface area (Å²) in [6.07, 6.45) is 1.87. The minimum absolute atomic E-state index is 0.826. The summed E-state index contributed by atoms with van der Waals surface area (Å²) in [6.45, 7) is 0. The Morgan fingerprint density at radius 3 is 3.00 bits per heavy atom. The predicted molar refractivity (Wildman–Crippen MR) is 44.1 cm³/mol. The van der Waals surface area contributed by atoms with Crippen LogP contribution in [-0.2, 0) is 7.05 Å². The Morgan fingerprint density at radius 1 is 1.78 bits per heavy atom. The molecule has 1 heterocycles. The van der Waals surface area contributed by atoms with Crippen molar-refractivity contribution in [1.29, 1.82) is 0 Å². The average molecular weight is 232 g/mol. The van der Waals surface area contributed by atoms with E-state index in [9.17, 15) is 0 Å². The zero-order valence-electron chi connectivity index (χ0n) is 4.93. The molecule has 0 aliphatic rings. The summed E-state index contributed by atoms with van der Waals surface area (Å²) in [7, 11) is 1.87. The average Bonchev–Trinajstić information content (AvgIpc) is 2.17. The van der Waals surface area contributed by atoms with Crippen LogP contribution in [0, 0.1) is 9.85 Å². The molecule has 0 unspecified atom stereocenters. The van der Waals surface area contributed by atoms with Gasteiger partial charge in [-0.3, -0.25) is 4.68 Å². The summed E-state index contributed by atoms with van der Waals surface area (Å²) < 4.78 is 4.47. The summed E-state index contributed by atoms with van der Waals surface area (Å²) in [5.41, 5.74) is 0.826. The fourth-order valence-corrected chi connectivity index (χ4v) is 0.806. The Kier molecular flexibility index (Phi) is 2.11. The van der Waals surface area contributed by atoms with Crippen molar-refractivity contribution in [2.45, 2.75) is 0 Å². The molecule has 0 amide bonds. The first-order valence-corrected chi connectivity index (χ1v) is 3.52. The molecular weight excluding hydrogens is 227 g/mol. The second-order valence-corrected chi connectivity index (χ2v) is 2.13. The lowest BCUT2D eigenvalue weighted by molar-refractivity contribution is 0.764. The molecule has 1 aromatic rings. The molecule has 0 atom stereocenters. The SMILES string of the molecule is Cn1ccc(C#CI)n1. The molecule has 1 aromatic heterocycles. The second kappa shape index (κ2) is 2.87. The Labute approximate surface area is 67.4 Å². The van der Waals surface area contributed by atoms with Crippen LogP contribution >= 0.6 is 22.6 Å². The highest BCUT2D eigenvalue weighted by molar-refractivity contribution is 14.1. The Morgan fingerprint density at radius 2 is 2.56 bits per heavy atom. The quantitative estimate of drug-likeness (QED) is 0.484. The molecule has 3 heteroatoms. The minimum atomic E-state index is 0.826. The van der Waals surface area contributed by atoms with Gasteiger partial charge < -0.3 is 0 Å². The standard InChI is InChI=1S/C6H5IN2/c1-9-5-3-6(8-9)2-4-7/h3,5H,1H3. The van der Waals surface area contributed by atoms with Gasteiger partial charge in [0.05, 0.1) is 0 Å². The van der Waals surface area contributed by atoms with Crippen molar-refractivity contribution in [3.63, 3.8) is 0 Å². The van der Waals surface area contributed by atoms with Crippen LogP contribution in [0.4, 0.5) is 0 Å². The molecule has 0 aliphatic heterocycles. The van der Waals surface area contributed by atoms with E-state index in [2.05, 4.69) is 14.9 Å². The first kappa shape index (κ1) is 6.62. The largest absolute Gasteiger partial charge is 0.275 e. The molecule has 46 valence electrons. The first-order chi connectivity index (χ1) is 4.33. The predicted octanol–water partition coefficient (Wildman–Crippen LogP) is 1.16. The molecule has 2 nitrogen and oxygen atoms in total. The van der Waals surface area contributed by atoms with Crippen molar-refractivity contribution in [2.75, 3.05) is 0 Å². The molecule has 0 fully saturated rings. The molecule has 0 radical (unpaired) electrons. The molecule has 0 saturated heterocycles. The number of rotatable bonds is 0. The van der Waals surface area contributed by atoms with Crippen molar-refractivity contribution in [3.05, 3.63) is 18.0 Å². The van der Waals surface area contributed by atoms with Crippen molar-refractivity contribution < 1.29 is 0 Å². The van der Waals surface area contributed by atoms with Crippen LogP contribution in [0.2, 0.25) is 0 Å². The molecule has 0 aromatic carbocycles. The maximum absolute atomic E-state index is 4.04. The maximum Gasteiger partial charge on any atom is 0.136 e. The van der Waals surface area contributed by atoms with Crippen LogP contribution in [0.3, 0.4) is 0 Å². The van der Waals surface area contributed by atoms with Gasteiger partial charge in [-0.25, -0.2) is 0 Å². The van der Waals surface area contributed by atoms with E-state index < -0.39 is 0 Å². The smallest absolute Gasteiger partial charge is 0.136 e. The fourth-order valence-electron chi connectivity index (χ4n) is 0.530. The van der Waals surface area contributed by atoms with E-state index in [1.54, 1.807) is 4.68 Å². The molecule has 0 saturated carbocycles. The van der Waals surface area contributed by atoms with Gasteiger partial charge in [0.25, 0.3) is 0 Å². The van der Waals surface area contributed by atoms with Gasteiger partial charge in [0.15, 0.2) is 0 Å². The van der Waals surface area contributed by atoms with Crippen molar-refractivity contribution in [3.8, 4) is 9.85 Å². The molecule has 9 heavy (non-hydrogen) atoms. The van der Waals surface area contributed by atoms with Crippen LogP contribution in [0.1, 0.15) is 5.69 Å². The highest BCUT2D eigenvalue weighted by Crippen LogP contribution is 1.90. The molecular formula is C6H5IN2. The molecule has 0 spiro atoms. The minimum Gasteiger partial charge on any atom is -0.275 e. The number of nitrogens with zero attached hydrogens (tertiary/aromatic N) is 2. The zero-order valence-corrected chi connectivity index (χ0v) is 7.08. The number of halogens is 1. The van der Waals surface area contributed by atoms with Crippen LogP contribution in [0.25, 0.3) is 0 Å². The normalized spacial score (nSPS) is 8.22. The summed E-state index contributed by atoms with van der Waals surface area (Å²) in [5.74, 6) is 2.83. The lowest BCUT2D eigenvalue weighted by atomic mass is 10.5. The van der Waals surface area contributed by atoms with Gasteiger partial charge in [-0.1, -0.05) is 0 Å². The van der Waals surface area contributed by atoms with E-state index in [1.165, 1.54) is 0 Å². The third kappa shape index (κ3) is 1.72. The Balaban J connectivity index is 2.93. The van der Waals surface area contributed by atoms with Gasteiger partial charge >= 0.3 is 0 Å². The lowest BCUT2D eigenvalue weighted by Crippen LogP contribution is -1.86. The Bertz CT molecular complexity index is 254. The summed E-state index contributed by atoms with van der Waals surface area (Å²) in [4.78, 5) is 0. The van der Waals surface area contributed by atoms with Crippen molar-refractivity contribution >= 4 is 22.6 Å². The van der Waals surface area contributed by atoms with Crippen LogP contribution in [0.5, 0.6) is 0 Å². The zero-order chi connectivity index (χ0) is 6.69. The first-order valence-electron chi connectivity index (χ1n) is 2.44. The number of hydrogen-bond donors (Lipinski definition) is 0. The Hall–Kier alpha value is -0.500. The highest BCUT2D eigenvalue weighted by Gasteiger charge is 1.86. The third-order valence-corrected chi connectivity index (χ3v) is 1.16. The maximum atomic E-state index is 4.04. The van der Waals surface area contributed by atoms with E-state index in [1.807, 2.05) is 41.9 Å². The van der Waals surface area contributed by atoms with E-state index >= 15 is 0 Å². The molecule has 0 N–H and O–H groups in total. The molecule has 0 bridgehead atoms. The van der Waals surface area contributed by atoms with E-state index in [0.29, 0.717) is 0 Å². The van der Waals surface area contributed by atoms with Crippen LogP contribution in [0.15, 0.2) is 12.3 Å². The number of aromatic nitrogens is 2. The van der Waals surface area contributed by atoms with Crippen LogP contribution < -0.4 is 0 Å². The van der Waals surface area contributed by atoms with Gasteiger partial charge in [-0.05, 0) is 15.9 Å². The van der Waals surface area contributed by atoms with E-state index in [-0.39, 0.29) is 0 Å². The monoisotopic (exact) mass is 232 g/mol. The van der Waals surface area contributed by atoms with Gasteiger partial charge in [-0.15, -0.1) is 0 Å². The topological polar surface area (TPSA) is 17.8 Å². The van der Waals surface area contributed by atoms with Crippen molar-refractivity contribution in [2.24, 2.45) is 7.05 Å². The summed E-state index contributed by atoms with van der Waals surface area (Å²) >= 11 is 1.99. The summed E-state index contributed by atoms with van der Waals surface area (Å²) in [5, 5.41) is 4.04. The molecule has 1 rings (SSSR count). The fraction of sp³-hybridized carbons (Fsp3) is 0.167. The molecule has 0 aliphatic carbocycles. The van der Waals surface area contributed by atoms with E-state index in [4.69, 9.17) is 0 Å². The van der Waals surface area contributed by atoms with Gasteiger partial charge in [0.1, 0.15) is 5.69 Å². The number of hydrogen-bond acceptors (Lipinski definition) is 1. The number of aryl methyl sites for hydroxylation is 1. The lowest BCUT2D eigenvalue weighted by Gasteiger charge is -1.79. The third-order valence-electron chi connectivity index (χ3n) is 0.889. The second-order valence-electron chi connectivity index (χ2n) is 1.59.